The van der Waals surface area contributed by atoms with Gasteiger partial charge in [0.15, 0.2) is 0 Å². The van der Waals surface area contributed by atoms with E-state index in [2.05, 4.69) is 52.8 Å². The maximum Gasteiger partial charge on any atom is -0.0142 e. The third-order valence-corrected chi connectivity index (χ3v) is 1.55. The largest absolute Gasteiger partial charge is 0.0884 e. The molecule has 0 aliphatic heterocycles. The van der Waals surface area contributed by atoms with Crippen molar-refractivity contribution < 1.29 is 0 Å². The molecule has 0 aliphatic rings. The summed E-state index contributed by atoms with van der Waals surface area (Å²) >= 11 is 0. The fourth-order valence-corrected chi connectivity index (χ4v) is 0.716. The third kappa shape index (κ3) is 7.38. The second-order valence-corrected chi connectivity index (χ2v) is 4.11. The number of allylic oxidation sites excluding steroid dienone is 4. The Hall–Kier alpha value is -0.520. The molecule has 0 radical (unpaired) electrons. The number of rotatable bonds is 2. The first-order chi connectivity index (χ1) is 4.95. The molecule has 0 saturated heterocycles. The molecule has 0 nitrogen and oxygen atoms in total. The number of hydrogen-bond acceptors (Lipinski definition) is 0. The van der Waals surface area contributed by atoms with Crippen molar-refractivity contribution in [1.29, 1.82) is 0 Å². The lowest BCUT2D eigenvalue weighted by Gasteiger charge is -2.10. The molecule has 0 heteroatoms. The van der Waals surface area contributed by atoms with E-state index in [0.29, 0.717) is 5.41 Å². The monoisotopic (exact) mass is 152 g/mol. The fourth-order valence-electron chi connectivity index (χ4n) is 0.716. The average molecular weight is 152 g/mol. The van der Waals surface area contributed by atoms with E-state index in [1.165, 1.54) is 5.57 Å². The fraction of sp³-hybridized carbons (Fsp3) is 0.636. The van der Waals surface area contributed by atoms with Gasteiger partial charge in [0.05, 0.1) is 0 Å². The van der Waals surface area contributed by atoms with Crippen LogP contribution < -0.4 is 0 Å². The lowest BCUT2D eigenvalue weighted by molar-refractivity contribution is 0.542. The summed E-state index contributed by atoms with van der Waals surface area (Å²) in [6.07, 6.45) is 7.76. The van der Waals surface area contributed by atoms with Gasteiger partial charge in [-0.15, -0.1) is 0 Å². The van der Waals surface area contributed by atoms with Gasteiger partial charge in [-0.3, -0.25) is 0 Å². The molecule has 0 saturated carbocycles. The minimum Gasteiger partial charge on any atom is -0.0884 e. The van der Waals surface area contributed by atoms with Crippen molar-refractivity contribution >= 4 is 0 Å². The van der Waals surface area contributed by atoms with Crippen molar-refractivity contribution in [2.24, 2.45) is 5.41 Å². The molecule has 0 aromatic heterocycles. The molecule has 0 amide bonds. The van der Waals surface area contributed by atoms with Gasteiger partial charge in [0, 0.05) is 0 Å². The Bertz CT molecular complexity index is 153. The molecule has 0 aromatic carbocycles. The topological polar surface area (TPSA) is 0 Å². The zero-order chi connectivity index (χ0) is 8.91. The highest BCUT2D eigenvalue weighted by atomic mass is 14.1. The van der Waals surface area contributed by atoms with Gasteiger partial charge in [-0.05, 0) is 25.7 Å². The molecule has 0 aromatic rings. The highest BCUT2D eigenvalue weighted by Gasteiger charge is 2.02. The van der Waals surface area contributed by atoms with Gasteiger partial charge in [-0.2, -0.15) is 0 Å². The summed E-state index contributed by atoms with van der Waals surface area (Å²) < 4.78 is 0. The molecular formula is C11H20. The van der Waals surface area contributed by atoms with E-state index in [1.807, 2.05) is 0 Å². The summed E-state index contributed by atoms with van der Waals surface area (Å²) in [4.78, 5) is 0. The molecule has 0 N–H and O–H groups in total. The van der Waals surface area contributed by atoms with Gasteiger partial charge in [-0.1, -0.05) is 44.6 Å². The van der Waals surface area contributed by atoms with Crippen LogP contribution in [0.5, 0.6) is 0 Å². The van der Waals surface area contributed by atoms with E-state index >= 15 is 0 Å². The van der Waals surface area contributed by atoms with Crippen molar-refractivity contribution in [1.82, 2.24) is 0 Å². The van der Waals surface area contributed by atoms with Crippen molar-refractivity contribution in [2.75, 3.05) is 0 Å². The summed E-state index contributed by atoms with van der Waals surface area (Å²) in [5, 5.41) is 0. The highest BCUT2D eigenvalue weighted by molar-refractivity contribution is 5.04. The van der Waals surface area contributed by atoms with Crippen LogP contribution in [-0.2, 0) is 0 Å². The number of hydrogen-bond donors (Lipinski definition) is 0. The predicted octanol–water partition coefficient (Wildman–Crippen LogP) is 3.95. The van der Waals surface area contributed by atoms with E-state index in [-0.39, 0.29) is 0 Å². The SMILES string of the molecule is C/C=C(\C)C/C=C/C(C)(C)C. The molecule has 0 unspecified atom stereocenters. The van der Waals surface area contributed by atoms with Crippen molar-refractivity contribution in [2.45, 2.75) is 41.0 Å². The summed E-state index contributed by atoms with van der Waals surface area (Å²) in [6.45, 7) is 10.9. The van der Waals surface area contributed by atoms with Crippen LogP contribution >= 0.6 is 0 Å². The van der Waals surface area contributed by atoms with Crippen LogP contribution in [0.3, 0.4) is 0 Å². The maximum atomic E-state index is 2.26. The van der Waals surface area contributed by atoms with Crippen LogP contribution in [0, 0.1) is 5.41 Å². The van der Waals surface area contributed by atoms with Gasteiger partial charge in [0.1, 0.15) is 0 Å². The molecule has 11 heavy (non-hydrogen) atoms. The molecule has 64 valence electrons. The second kappa shape index (κ2) is 4.38. The Labute approximate surface area is 71.0 Å². The molecule has 0 heterocycles. The van der Waals surface area contributed by atoms with Crippen LogP contribution in [0.25, 0.3) is 0 Å². The Kier molecular flexibility index (Phi) is 4.17. The zero-order valence-electron chi connectivity index (χ0n) is 8.44. The minimum atomic E-state index is 0.327. The Morgan fingerprint density at radius 2 is 1.82 bits per heavy atom. The minimum absolute atomic E-state index is 0.327. The normalized spacial score (nSPS) is 14.5. The molecular weight excluding hydrogens is 132 g/mol. The first-order valence-electron chi connectivity index (χ1n) is 4.25. The standard InChI is InChI=1S/C11H20/c1-6-10(2)8-7-9-11(3,4)5/h6-7,9H,8H2,1-5H3/b9-7+,10-6+. The summed E-state index contributed by atoms with van der Waals surface area (Å²) in [5.41, 5.74) is 1.76. The molecule has 0 rings (SSSR count). The zero-order valence-corrected chi connectivity index (χ0v) is 8.44. The summed E-state index contributed by atoms with van der Waals surface area (Å²) in [5.74, 6) is 0. The Balaban J connectivity index is 3.79. The summed E-state index contributed by atoms with van der Waals surface area (Å²) in [6, 6.07) is 0. The molecule has 0 spiro atoms. The first kappa shape index (κ1) is 10.5. The molecule has 0 bridgehead atoms. The van der Waals surface area contributed by atoms with E-state index in [4.69, 9.17) is 0 Å². The van der Waals surface area contributed by atoms with Gasteiger partial charge < -0.3 is 0 Å². The van der Waals surface area contributed by atoms with E-state index in [1.54, 1.807) is 0 Å². The Morgan fingerprint density at radius 3 is 2.18 bits per heavy atom. The third-order valence-electron chi connectivity index (χ3n) is 1.55. The van der Waals surface area contributed by atoms with E-state index in [9.17, 15) is 0 Å². The van der Waals surface area contributed by atoms with Crippen LogP contribution in [0.1, 0.15) is 41.0 Å². The predicted molar refractivity (Wildman–Crippen MR) is 52.6 cm³/mol. The molecule has 0 fully saturated rings. The quantitative estimate of drug-likeness (QED) is 0.526. The lowest BCUT2D eigenvalue weighted by Crippen LogP contribution is -1.98. The van der Waals surface area contributed by atoms with Gasteiger partial charge in [-0.25, -0.2) is 0 Å². The molecule has 0 aliphatic carbocycles. The highest BCUT2D eigenvalue weighted by Crippen LogP contribution is 2.15. The van der Waals surface area contributed by atoms with Gasteiger partial charge in [0.25, 0.3) is 0 Å². The van der Waals surface area contributed by atoms with Crippen LogP contribution in [0.2, 0.25) is 0 Å². The maximum absolute atomic E-state index is 2.26. The van der Waals surface area contributed by atoms with Crippen molar-refractivity contribution in [3.63, 3.8) is 0 Å². The van der Waals surface area contributed by atoms with Gasteiger partial charge >= 0.3 is 0 Å². The Morgan fingerprint density at radius 1 is 1.27 bits per heavy atom. The molecule has 0 atom stereocenters. The van der Waals surface area contributed by atoms with Gasteiger partial charge in [0.2, 0.25) is 0 Å². The van der Waals surface area contributed by atoms with Crippen LogP contribution in [0.15, 0.2) is 23.8 Å². The van der Waals surface area contributed by atoms with Crippen LogP contribution in [0.4, 0.5) is 0 Å². The van der Waals surface area contributed by atoms with Crippen LogP contribution in [-0.4, -0.2) is 0 Å². The summed E-state index contributed by atoms with van der Waals surface area (Å²) in [7, 11) is 0. The van der Waals surface area contributed by atoms with E-state index < -0.39 is 0 Å². The van der Waals surface area contributed by atoms with Crippen molar-refractivity contribution in [3.05, 3.63) is 23.8 Å². The second-order valence-electron chi connectivity index (χ2n) is 4.11. The average Bonchev–Trinajstić information content (AvgIpc) is 1.85. The van der Waals surface area contributed by atoms with E-state index in [0.717, 1.165) is 6.42 Å². The first-order valence-corrected chi connectivity index (χ1v) is 4.25. The smallest absolute Gasteiger partial charge is 0.0142 e. The van der Waals surface area contributed by atoms with Crippen molar-refractivity contribution in [3.8, 4) is 0 Å². The lowest BCUT2D eigenvalue weighted by atomic mass is 9.95.